The van der Waals surface area contributed by atoms with E-state index in [1.54, 1.807) is 0 Å². The third-order valence-corrected chi connectivity index (χ3v) is 3.72. The van der Waals surface area contributed by atoms with E-state index in [0.717, 1.165) is 17.2 Å². The van der Waals surface area contributed by atoms with Crippen LogP contribution in [0.2, 0.25) is 0 Å². The van der Waals surface area contributed by atoms with Crippen LogP contribution in [0.15, 0.2) is 36.4 Å². The minimum Gasteiger partial charge on any atom is -0.369 e. The molecule has 0 aliphatic heterocycles. The molecule has 0 bridgehead atoms. The van der Waals surface area contributed by atoms with Gasteiger partial charge in [0, 0.05) is 0 Å². The highest BCUT2D eigenvalue weighted by Crippen LogP contribution is 2.29. The summed E-state index contributed by atoms with van der Waals surface area (Å²) in [6.45, 7) is 3.87. The van der Waals surface area contributed by atoms with Crippen molar-refractivity contribution in [1.82, 2.24) is 9.55 Å². The van der Waals surface area contributed by atoms with E-state index in [2.05, 4.69) is 4.98 Å². The van der Waals surface area contributed by atoms with Crippen LogP contribution in [-0.2, 0) is 0 Å². The maximum Gasteiger partial charge on any atom is 0.201 e. The van der Waals surface area contributed by atoms with Crippen molar-refractivity contribution in [2.45, 2.75) is 19.9 Å². The lowest BCUT2D eigenvalue weighted by molar-refractivity contribution is 0.509. The molecule has 0 saturated heterocycles. The summed E-state index contributed by atoms with van der Waals surface area (Å²) in [5, 5.41) is 0. The number of nitrogens with two attached hydrogens (primary N) is 1. The molecule has 2 aromatic carbocycles. The summed E-state index contributed by atoms with van der Waals surface area (Å²) in [6.07, 6.45) is 0. The second-order valence-electron chi connectivity index (χ2n) is 5.16. The van der Waals surface area contributed by atoms with Crippen molar-refractivity contribution in [2.75, 3.05) is 5.73 Å². The third-order valence-electron chi connectivity index (χ3n) is 3.72. The molecule has 1 aromatic heterocycles. The van der Waals surface area contributed by atoms with E-state index in [9.17, 15) is 8.78 Å². The summed E-state index contributed by atoms with van der Waals surface area (Å²) in [7, 11) is 0. The van der Waals surface area contributed by atoms with Gasteiger partial charge in [0.05, 0.1) is 11.6 Å². The van der Waals surface area contributed by atoms with E-state index in [1.165, 1.54) is 10.6 Å². The van der Waals surface area contributed by atoms with Crippen LogP contribution >= 0.6 is 0 Å². The van der Waals surface area contributed by atoms with Gasteiger partial charge in [0.15, 0.2) is 11.6 Å². The van der Waals surface area contributed by atoms with E-state index in [1.807, 2.05) is 38.1 Å². The Morgan fingerprint density at radius 3 is 2.43 bits per heavy atom. The molecular formula is C16H15F2N3. The van der Waals surface area contributed by atoms with E-state index >= 15 is 0 Å². The van der Waals surface area contributed by atoms with Crippen molar-refractivity contribution in [3.63, 3.8) is 0 Å². The summed E-state index contributed by atoms with van der Waals surface area (Å²) in [6, 6.07) is 10.1. The zero-order valence-electron chi connectivity index (χ0n) is 11.8. The van der Waals surface area contributed by atoms with Gasteiger partial charge < -0.3 is 10.3 Å². The monoisotopic (exact) mass is 287 g/mol. The van der Waals surface area contributed by atoms with E-state index in [4.69, 9.17) is 5.73 Å². The summed E-state index contributed by atoms with van der Waals surface area (Å²) in [5.74, 6) is -1.65. The van der Waals surface area contributed by atoms with Gasteiger partial charge in [-0.05, 0) is 31.5 Å². The van der Waals surface area contributed by atoms with Gasteiger partial charge in [-0.3, -0.25) is 0 Å². The predicted molar refractivity (Wildman–Crippen MR) is 79.1 cm³/mol. The number of nitrogens with zero attached hydrogens (tertiary/aromatic N) is 2. The topological polar surface area (TPSA) is 43.8 Å². The quantitative estimate of drug-likeness (QED) is 0.778. The number of halogens is 2. The summed E-state index contributed by atoms with van der Waals surface area (Å²) < 4.78 is 29.1. The molecule has 0 fully saturated rings. The number of nitrogen functional groups attached to an aromatic ring is 1. The lowest BCUT2D eigenvalue weighted by Crippen LogP contribution is -2.11. The van der Waals surface area contributed by atoms with Crippen molar-refractivity contribution >= 4 is 17.0 Å². The Morgan fingerprint density at radius 1 is 1.10 bits per heavy atom. The van der Waals surface area contributed by atoms with Gasteiger partial charge in [-0.15, -0.1) is 0 Å². The molecule has 0 aliphatic carbocycles. The van der Waals surface area contributed by atoms with Crippen molar-refractivity contribution in [3.8, 4) is 0 Å². The Balaban J connectivity index is 2.21. The number of hydrogen-bond acceptors (Lipinski definition) is 2. The van der Waals surface area contributed by atoms with E-state index < -0.39 is 11.6 Å². The Morgan fingerprint density at radius 2 is 1.76 bits per heavy atom. The molecule has 0 radical (unpaired) electrons. The molecule has 3 rings (SSSR count). The number of aryl methyl sites for hydroxylation is 1. The van der Waals surface area contributed by atoms with Gasteiger partial charge in [-0.25, -0.2) is 13.8 Å². The van der Waals surface area contributed by atoms with Crippen molar-refractivity contribution < 1.29 is 8.78 Å². The minimum absolute atomic E-state index is 0.0978. The highest BCUT2D eigenvalue weighted by molar-refractivity contribution is 5.79. The second kappa shape index (κ2) is 4.84. The number of hydrogen-bond donors (Lipinski definition) is 1. The largest absolute Gasteiger partial charge is 0.369 e. The van der Waals surface area contributed by atoms with Crippen LogP contribution in [0.3, 0.4) is 0 Å². The molecule has 3 nitrogen and oxygen atoms in total. The molecule has 1 atom stereocenters. The molecule has 0 spiro atoms. The molecule has 21 heavy (non-hydrogen) atoms. The van der Waals surface area contributed by atoms with Crippen LogP contribution in [0, 0.1) is 18.6 Å². The van der Waals surface area contributed by atoms with Crippen LogP contribution in [-0.4, -0.2) is 9.55 Å². The molecule has 0 saturated carbocycles. The van der Waals surface area contributed by atoms with E-state index in [0.29, 0.717) is 5.52 Å². The molecule has 5 heteroatoms. The zero-order valence-corrected chi connectivity index (χ0v) is 11.8. The average Bonchev–Trinajstić information content (AvgIpc) is 2.80. The zero-order chi connectivity index (χ0) is 15.1. The Hall–Kier alpha value is -2.43. The SMILES string of the molecule is Cc1ccc(C(C)n2c(N)nc3ccc(F)c(F)c32)cc1. The first-order valence-corrected chi connectivity index (χ1v) is 6.67. The molecule has 0 amide bonds. The van der Waals surface area contributed by atoms with Crippen LogP contribution < -0.4 is 5.73 Å². The Labute approximate surface area is 121 Å². The summed E-state index contributed by atoms with van der Waals surface area (Å²) >= 11 is 0. The average molecular weight is 287 g/mol. The van der Waals surface area contributed by atoms with Crippen molar-refractivity contribution in [3.05, 3.63) is 59.2 Å². The number of rotatable bonds is 2. The van der Waals surface area contributed by atoms with Crippen LogP contribution in [0.4, 0.5) is 14.7 Å². The van der Waals surface area contributed by atoms with Gasteiger partial charge in [0.1, 0.15) is 5.52 Å². The maximum absolute atomic E-state index is 14.1. The molecule has 1 unspecified atom stereocenters. The molecular weight excluding hydrogens is 272 g/mol. The van der Waals surface area contributed by atoms with Crippen molar-refractivity contribution in [2.24, 2.45) is 0 Å². The van der Waals surface area contributed by atoms with Gasteiger partial charge in [0.25, 0.3) is 0 Å². The summed E-state index contributed by atoms with van der Waals surface area (Å²) in [5.41, 5.74) is 8.44. The number of benzene rings is 2. The Bertz CT molecular complexity index is 806. The number of imidazole rings is 1. The first-order valence-electron chi connectivity index (χ1n) is 6.67. The standard InChI is InChI=1S/C16H15F2N3/c1-9-3-5-11(6-4-9)10(2)21-15-13(20-16(21)19)8-7-12(17)14(15)18/h3-8,10H,1-2H3,(H2,19,20). The number of anilines is 1. The first-order chi connectivity index (χ1) is 9.99. The predicted octanol–water partition coefficient (Wildman–Crippen LogP) is 3.81. The number of aromatic nitrogens is 2. The normalized spacial score (nSPS) is 12.8. The van der Waals surface area contributed by atoms with Crippen LogP contribution in [0.25, 0.3) is 11.0 Å². The number of fused-ring (bicyclic) bond motifs is 1. The first kappa shape index (κ1) is 13.5. The van der Waals surface area contributed by atoms with E-state index in [-0.39, 0.29) is 17.5 Å². The third kappa shape index (κ3) is 2.14. The fraction of sp³-hybridized carbons (Fsp3) is 0.188. The highest BCUT2D eigenvalue weighted by atomic mass is 19.2. The lowest BCUT2D eigenvalue weighted by atomic mass is 10.1. The lowest BCUT2D eigenvalue weighted by Gasteiger charge is -2.17. The van der Waals surface area contributed by atoms with Crippen molar-refractivity contribution in [1.29, 1.82) is 0 Å². The van der Waals surface area contributed by atoms with Gasteiger partial charge >= 0.3 is 0 Å². The van der Waals surface area contributed by atoms with Gasteiger partial charge in [-0.1, -0.05) is 29.8 Å². The Kier molecular flexibility index (Phi) is 3.12. The fourth-order valence-electron chi connectivity index (χ4n) is 2.53. The molecule has 0 aliphatic rings. The molecule has 1 heterocycles. The molecule has 3 aromatic rings. The fourth-order valence-corrected chi connectivity index (χ4v) is 2.53. The van der Waals surface area contributed by atoms with Crippen LogP contribution in [0.1, 0.15) is 24.1 Å². The van der Waals surface area contributed by atoms with Gasteiger partial charge in [-0.2, -0.15) is 0 Å². The molecule has 108 valence electrons. The smallest absolute Gasteiger partial charge is 0.201 e. The minimum atomic E-state index is -0.921. The molecule has 2 N–H and O–H groups in total. The van der Waals surface area contributed by atoms with Crippen LogP contribution in [0.5, 0.6) is 0 Å². The summed E-state index contributed by atoms with van der Waals surface area (Å²) in [4.78, 5) is 4.11. The second-order valence-corrected chi connectivity index (χ2v) is 5.16. The van der Waals surface area contributed by atoms with Gasteiger partial charge in [0.2, 0.25) is 5.95 Å². The highest BCUT2D eigenvalue weighted by Gasteiger charge is 2.20. The maximum atomic E-state index is 14.1.